The van der Waals surface area contributed by atoms with E-state index in [4.69, 9.17) is 0 Å². The second-order valence-corrected chi connectivity index (χ2v) is 8.44. The quantitative estimate of drug-likeness (QED) is 0.675. The Balaban J connectivity index is 1.31. The molecule has 3 aliphatic rings. The third-order valence-electron chi connectivity index (χ3n) is 6.49. The fourth-order valence-corrected chi connectivity index (χ4v) is 4.94. The summed E-state index contributed by atoms with van der Waals surface area (Å²) in [5.41, 5.74) is 3.01. The highest BCUT2D eigenvalue weighted by molar-refractivity contribution is 5.84. The summed E-state index contributed by atoms with van der Waals surface area (Å²) in [6, 6.07) is 2.36. The summed E-state index contributed by atoms with van der Waals surface area (Å²) in [7, 11) is 1.90. The molecule has 0 aromatic carbocycles. The van der Waals surface area contributed by atoms with E-state index in [-0.39, 0.29) is 18.0 Å². The van der Waals surface area contributed by atoms with Gasteiger partial charge in [-0.05, 0) is 25.3 Å². The second-order valence-electron chi connectivity index (χ2n) is 8.44. The van der Waals surface area contributed by atoms with Crippen LogP contribution >= 0.6 is 0 Å². The third kappa shape index (κ3) is 2.63. The number of aromatic nitrogens is 5. The zero-order valence-corrected chi connectivity index (χ0v) is 16.1. The molecule has 0 N–H and O–H groups in total. The molecule has 29 heavy (non-hydrogen) atoms. The zero-order chi connectivity index (χ0) is 19.7. The van der Waals surface area contributed by atoms with Crippen LogP contribution in [0.2, 0.25) is 0 Å². The molecule has 3 aromatic heterocycles. The van der Waals surface area contributed by atoms with Crippen molar-refractivity contribution in [2.24, 2.45) is 13.0 Å². The number of nitrogens with zero attached hydrogens (tertiary/aromatic N) is 7. The van der Waals surface area contributed by atoms with Gasteiger partial charge in [-0.3, -0.25) is 9.48 Å². The van der Waals surface area contributed by atoms with Gasteiger partial charge in [-0.1, -0.05) is 0 Å². The van der Waals surface area contributed by atoms with E-state index in [0.29, 0.717) is 6.42 Å². The summed E-state index contributed by atoms with van der Waals surface area (Å²) in [4.78, 5) is 21.5. The summed E-state index contributed by atoms with van der Waals surface area (Å²) in [6.45, 7) is 1.46. The molecule has 2 saturated heterocycles. The largest absolute Gasteiger partial charge is 0.351 e. The molecular formula is C20H22FN7O. The van der Waals surface area contributed by atoms with Crippen LogP contribution in [-0.4, -0.2) is 66.5 Å². The van der Waals surface area contributed by atoms with Crippen molar-refractivity contribution in [3.05, 3.63) is 31.0 Å². The number of hydrogen-bond donors (Lipinski definition) is 0. The van der Waals surface area contributed by atoms with Crippen molar-refractivity contribution in [2.75, 3.05) is 18.0 Å². The fraction of sp³-hybridized carbons (Fsp3) is 0.500. The smallest absolute Gasteiger partial charge is 0.229 e. The van der Waals surface area contributed by atoms with Crippen molar-refractivity contribution in [1.29, 1.82) is 0 Å². The number of rotatable bonds is 3. The number of amides is 1. The molecule has 0 radical (unpaired) electrons. The van der Waals surface area contributed by atoms with E-state index in [1.54, 1.807) is 11.0 Å². The predicted octanol–water partition coefficient (Wildman–Crippen LogP) is 1.67. The molecule has 2 unspecified atom stereocenters. The Morgan fingerprint density at radius 1 is 1.14 bits per heavy atom. The highest BCUT2D eigenvalue weighted by atomic mass is 19.1. The Labute approximate surface area is 166 Å². The van der Waals surface area contributed by atoms with E-state index in [1.807, 2.05) is 35.1 Å². The zero-order valence-electron chi connectivity index (χ0n) is 16.1. The lowest BCUT2D eigenvalue weighted by Crippen LogP contribution is -2.56. The van der Waals surface area contributed by atoms with Crippen LogP contribution in [-0.2, 0) is 11.8 Å². The maximum Gasteiger partial charge on any atom is 0.229 e. The molecule has 4 atom stereocenters. The Bertz CT molecular complexity index is 1090. The van der Waals surface area contributed by atoms with Crippen LogP contribution in [0, 0.1) is 5.92 Å². The molecule has 8 nitrogen and oxygen atoms in total. The molecule has 2 bridgehead atoms. The second kappa shape index (κ2) is 6.01. The number of fused-ring (bicyclic) bond motifs is 3. The van der Waals surface area contributed by atoms with Crippen LogP contribution in [0.4, 0.5) is 10.2 Å². The number of carbonyl (C=O) groups is 1. The molecule has 150 valence electrons. The number of aryl methyl sites for hydroxylation is 1. The van der Waals surface area contributed by atoms with Crippen molar-refractivity contribution in [2.45, 2.75) is 37.5 Å². The monoisotopic (exact) mass is 395 g/mol. The van der Waals surface area contributed by atoms with Crippen LogP contribution in [0.15, 0.2) is 31.0 Å². The number of hydrogen-bond acceptors (Lipinski definition) is 5. The van der Waals surface area contributed by atoms with E-state index < -0.39 is 12.1 Å². The predicted molar refractivity (Wildman–Crippen MR) is 104 cm³/mol. The van der Waals surface area contributed by atoms with Gasteiger partial charge in [0.2, 0.25) is 5.91 Å². The lowest BCUT2D eigenvalue weighted by atomic mass is 10.1. The SMILES string of the molecule is Cn1cc(-c2cc3c(N4CC5CCC(C4)N5C(=O)[C@@H]4C[C@@H]4F)ncnn3c2)cn1. The van der Waals surface area contributed by atoms with Gasteiger partial charge >= 0.3 is 0 Å². The Kier molecular flexibility index (Phi) is 3.51. The molecule has 6 rings (SSSR count). The molecule has 9 heteroatoms. The number of halogens is 1. The minimum atomic E-state index is -0.937. The molecule has 5 heterocycles. The number of piperazine rings is 1. The van der Waals surface area contributed by atoms with Gasteiger partial charge in [0.05, 0.1) is 12.1 Å². The van der Waals surface area contributed by atoms with Gasteiger partial charge in [0.15, 0.2) is 5.82 Å². The standard InChI is InChI=1S/C20H22FN7O/c1-25-7-13(6-23-25)12-4-18-19(22-11-24-27(18)8-12)26-9-14-2-3-15(10-26)28(14)20(29)16-5-17(16)21/h4,6-8,11,14-17H,2-3,5,9-10H2,1H3/t14?,15?,16-,17+/m1/s1. The lowest BCUT2D eigenvalue weighted by Gasteiger charge is -2.41. The van der Waals surface area contributed by atoms with Crippen molar-refractivity contribution in [3.63, 3.8) is 0 Å². The highest BCUT2D eigenvalue weighted by Gasteiger charge is 2.51. The van der Waals surface area contributed by atoms with Crippen LogP contribution in [0.3, 0.4) is 0 Å². The lowest BCUT2D eigenvalue weighted by molar-refractivity contribution is -0.136. The summed E-state index contributed by atoms with van der Waals surface area (Å²) >= 11 is 0. The molecule has 2 aliphatic heterocycles. The van der Waals surface area contributed by atoms with E-state index in [2.05, 4.69) is 26.1 Å². The molecule has 1 aliphatic carbocycles. The van der Waals surface area contributed by atoms with Crippen molar-refractivity contribution >= 4 is 17.2 Å². The van der Waals surface area contributed by atoms with Crippen molar-refractivity contribution in [3.8, 4) is 11.1 Å². The normalized spacial score (nSPS) is 28.3. The summed E-state index contributed by atoms with van der Waals surface area (Å²) in [5.74, 6) is 0.496. The van der Waals surface area contributed by atoms with Gasteiger partial charge < -0.3 is 9.80 Å². The Morgan fingerprint density at radius 2 is 1.90 bits per heavy atom. The van der Waals surface area contributed by atoms with Gasteiger partial charge in [-0.15, -0.1) is 0 Å². The highest BCUT2D eigenvalue weighted by Crippen LogP contribution is 2.41. The number of carbonyl (C=O) groups excluding carboxylic acids is 1. The fourth-order valence-electron chi connectivity index (χ4n) is 4.94. The van der Waals surface area contributed by atoms with Crippen LogP contribution in [0.25, 0.3) is 16.6 Å². The first-order valence-corrected chi connectivity index (χ1v) is 10.1. The van der Waals surface area contributed by atoms with Gasteiger partial charge in [-0.2, -0.15) is 10.2 Å². The Morgan fingerprint density at radius 3 is 2.55 bits per heavy atom. The average molecular weight is 395 g/mol. The molecule has 3 aromatic rings. The first-order valence-electron chi connectivity index (χ1n) is 10.1. The van der Waals surface area contributed by atoms with Crippen LogP contribution in [0.5, 0.6) is 0 Å². The minimum absolute atomic E-state index is 0.0130. The topological polar surface area (TPSA) is 71.6 Å². The average Bonchev–Trinajstić information content (AvgIpc) is 3.04. The maximum atomic E-state index is 13.4. The van der Waals surface area contributed by atoms with Gasteiger partial charge in [0.1, 0.15) is 18.0 Å². The molecule has 0 spiro atoms. The van der Waals surface area contributed by atoms with Gasteiger partial charge in [0, 0.05) is 55.7 Å². The molecule has 1 saturated carbocycles. The first-order chi connectivity index (χ1) is 14.1. The molecule has 3 fully saturated rings. The first kappa shape index (κ1) is 16.9. The minimum Gasteiger partial charge on any atom is -0.351 e. The summed E-state index contributed by atoms with van der Waals surface area (Å²) in [5, 5.41) is 8.62. The molecule has 1 amide bonds. The van der Waals surface area contributed by atoms with Gasteiger partial charge in [-0.25, -0.2) is 13.9 Å². The number of alkyl halides is 1. The Hall–Kier alpha value is -2.97. The van der Waals surface area contributed by atoms with E-state index >= 15 is 0 Å². The van der Waals surface area contributed by atoms with Crippen LogP contribution in [0.1, 0.15) is 19.3 Å². The van der Waals surface area contributed by atoms with E-state index in [9.17, 15) is 9.18 Å². The third-order valence-corrected chi connectivity index (χ3v) is 6.49. The van der Waals surface area contributed by atoms with E-state index in [1.165, 1.54) is 0 Å². The van der Waals surface area contributed by atoms with E-state index in [0.717, 1.165) is 48.4 Å². The number of anilines is 1. The van der Waals surface area contributed by atoms with Gasteiger partial charge in [0.25, 0.3) is 0 Å². The van der Waals surface area contributed by atoms with Crippen LogP contribution < -0.4 is 4.90 Å². The van der Waals surface area contributed by atoms with Crippen molar-refractivity contribution < 1.29 is 9.18 Å². The molecular weight excluding hydrogens is 373 g/mol. The summed E-state index contributed by atoms with van der Waals surface area (Å²) in [6.07, 6.45) is 8.78. The summed E-state index contributed by atoms with van der Waals surface area (Å²) < 4.78 is 17.1. The maximum absolute atomic E-state index is 13.4. The van der Waals surface area contributed by atoms with Crippen molar-refractivity contribution in [1.82, 2.24) is 29.3 Å².